The highest BCUT2D eigenvalue weighted by atomic mass is 19.4. The van der Waals surface area contributed by atoms with Gasteiger partial charge in [0.2, 0.25) is 5.91 Å². The zero-order valence-corrected chi connectivity index (χ0v) is 13.6. The van der Waals surface area contributed by atoms with Gasteiger partial charge >= 0.3 is 6.18 Å². The second-order valence-corrected chi connectivity index (χ2v) is 5.77. The first-order chi connectivity index (χ1) is 11.2. The van der Waals surface area contributed by atoms with Crippen molar-refractivity contribution in [1.82, 2.24) is 25.5 Å². The first-order valence-electron chi connectivity index (χ1n) is 7.38. The Bertz CT molecular complexity index is 724. The number of hydrogen-bond acceptors (Lipinski definition) is 4. The third-order valence-corrected chi connectivity index (χ3v) is 3.52. The minimum absolute atomic E-state index is 0.0415. The van der Waals surface area contributed by atoms with Gasteiger partial charge in [0.15, 0.2) is 5.82 Å². The molecule has 1 aromatic carbocycles. The van der Waals surface area contributed by atoms with Gasteiger partial charge in [-0.3, -0.25) is 4.79 Å². The number of aryl methyl sites for hydroxylation is 1. The number of amides is 1. The number of hydrogen-bond donors (Lipinski definition) is 1. The highest BCUT2D eigenvalue weighted by Gasteiger charge is 2.30. The number of nitrogens with one attached hydrogen (secondary N) is 1. The van der Waals surface area contributed by atoms with Crippen molar-refractivity contribution in [2.24, 2.45) is 0 Å². The van der Waals surface area contributed by atoms with Crippen LogP contribution in [0, 0.1) is 6.92 Å². The summed E-state index contributed by atoms with van der Waals surface area (Å²) in [6.07, 6.45) is -4.38. The van der Waals surface area contributed by atoms with Crippen LogP contribution in [0.25, 0.3) is 0 Å². The molecule has 1 amide bonds. The number of alkyl halides is 3. The van der Waals surface area contributed by atoms with Crippen LogP contribution in [0.4, 0.5) is 13.2 Å². The molecule has 1 N–H and O–H groups in total. The Kier molecular flexibility index (Phi) is 5.20. The fourth-order valence-corrected chi connectivity index (χ4v) is 2.19. The second kappa shape index (κ2) is 6.98. The van der Waals surface area contributed by atoms with Gasteiger partial charge < -0.3 is 5.32 Å². The first-order valence-corrected chi connectivity index (χ1v) is 7.38. The lowest BCUT2D eigenvalue weighted by atomic mass is 10.0. The van der Waals surface area contributed by atoms with Crippen LogP contribution in [0.3, 0.4) is 0 Å². The van der Waals surface area contributed by atoms with Crippen LogP contribution in [0.5, 0.6) is 0 Å². The summed E-state index contributed by atoms with van der Waals surface area (Å²) in [6, 6.07) is 3.45. The van der Waals surface area contributed by atoms with Crippen molar-refractivity contribution < 1.29 is 18.0 Å². The molecule has 24 heavy (non-hydrogen) atoms. The van der Waals surface area contributed by atoms with E-state index in [1.165, 1.54) is 10.7 Å². The molecule has 130 valence electrons. The van der Waals surface area contributed by atoms with Gasteiger partial charge in [-0.25, -0.2) is 4.68 Å². The van der Waals surface area contributed by atoms with Crippen molar-refractivity contribution in [2.45, 2.75) is 46.0 Å². The average Bonchev–Trinajstić information content (AvgIpc) is 2.93. The van der Waals surface area contributed by atoms with E-state index in [9.17, 15) is 18.0 Å². The van der Waals surface area contributed by atoms with E-state index < -0.39 is 11.7 Å². The lowest BCUT2D eigenvalue weighted by Crippen LogP contribution is -2.28. The molecule has 0 spiro atoms. The van der Waals surface area contributed by atoms with Crippen LogP contribution in [0.2, 0.25) is 0 Å². The van der Waals surface area contributed by atoms with Crippen molar-refractivity contribution >= 4 is 5.91 Å². The molecule has 1 aromatic heterocycles. The van der Waals surface area contributed by atoms with E-state index in [1.807, 2.05) is 13.8 Å². The Labute approximate surface area is 137 Å². The summed E-state index contributed by atoms with van der Waals surface area (Å²) in [5.74, 6) is 0.351. The molecule has 9 heteroatoms. The molecular weight excluding hydrogens is 323 g/mol. The lowest BCUT2D eigenvalue weighted by Gasteiger charge is -2.12. The van der Waals surface area contributed by atoms with Gasteiger partial charge in [-0.2, -0.15) is 13.2 Å². The van der Waals surface area contributed by atoms with Crippen molar-refractivity contribution in [3.05, 3.63) is 40.7 Å². The van der Waals surface area contributed by atoms with Gasteiger partial charge in [0.05, 0.1) is 5.56 Å². The topological polar surface area (TPSA) is 72.7 Å². The van der Waals surface area contributed by atoms with Crippen LogP contribution in [-0.4, -0.2) is 26.1 Å². The van der Waals surface area contributed by atoms with E-state index in [0.29, 0.717) is 17.0 Å². The summed E-state index contributed by atoms with van der Waals surface area (Å²) in [4.78, 5) is 12.0. The number of rotatable bonds is 5. The van der Waals surface area contributed by atoms with Gasteiger partial charge in [-0.15, -0.1) is 5.10 Å². The highest BCUT2D eigenvalue weighted by Crippen LogP contribution is 2.30. The summed E-state index contributed by atoms with van der Waals surface area (Å²) in [5.41, 5.74) is 0.387. The Morgan fingerprint density at radius 2 is 2.04 bits per heavy atom. The largest absolute Gasteiger partial charge is 0.416 e. The fourth-order valence-electron chi connectivity index (χ4n) is 2.19. The normalized spacial score (nSPS) is 11.8. The molecule has 0 saturated heterocycles. The first kappa shape index (κ1) is 17.9. The average molecular weight is 341 g/mol. The Balaban J connectivity index is 1.98. The molecule has 0 fully saturated rings. The summed E-state index contributed by atoms with van der Waals surface area (Å²) in [7, 11) is 0. The van der Waals surface area contributed by atoms with Crippen molar-refractivity contribution in [2.75, 3.05) is 0 Å². The maximum absolute atomic E-state index is 12.6. The Morgan fingerprint density at radius 1 is 1.33 bits per heavy atom. The minimum Gasteiger partial charge on any atom is -0.350 e. The molecule has 0 aliphatic rings. The highest BCUT2D eigenvalue weighted by molar-refractivity contribution is 5.75. The van der Waals surface area contributed by atoms with Gasteiger partial charge in [-0.05, 0) is 40.6 Å². The fraction of sp³-hybridized carbons (Fsp3) is 0.467. The third kappa shape index (κ3) is 4.30. The zero-order chi connectivity index (χ0) is 17.9. The molecule has 2 rings (SSSR count). The predicted octanol–water partition coefficient (Wildman–Crippen LogP) is 2.44. The molecule has 0 aliphatic carbocycles. The quantitative estimate of drug-likeness (QED) is 0.907. The monoisotopic (exact) mass is 341 g/mol. The second-order valence-electron chi connectivity index (χ2n) is 5.77. The lowest BCUT2D eigenvalue weighted by molar-refractivity contribution is -0.137. The summed E-state index contributed by atoms with van der Waals surface area (Å²) in [6.45, 7) is 5.49. The van der Waals surface area contributed by atoms with Crippen LogP contribution in [-0.2, 0) is 24.1 Å². The van der Waals surface area contributed by atoms with Gasteiger partial charge in [0.25, 0.3) is 0 Å². The number of halogens is 3. The van der Waals surface area contributed by atoms with E-state index in [1.54, 1.807) is 6.92 Å². The maximum atomic E-state index is 12.6. The Morgan fingerprint density at radius 3 is 2.62 bits per heavy atom. The van der Waals surface area contributed by atoms with Gasteiger partial charge in [-0.1, -0.05) is 19.9 Å². The maximum Gasteiger partial charge on any atom is 0.416 e. The predicted molar refractivity (Wildman–Crippen MR) is 79.9 cm³/mol. The van der Waals surface area contributed by atoms with Crippen molar-refractivity contribution in [3.63, 3.8) is 0 Å². The molecule has 0 unspecified atom stereocenters. The SMILES string of the molecule is Cc1cc(C(F)(F)F)ccc1CNC(=O)Cn1nnnc1C(C)C. The van der Waals surface area contributed by atoms with Crippen molar-refractivity contribution in [1.29, 1.82) is 0 Å². The third-order valence-electron chi connectivity index (χ3n) is 3.52. The Hall–Kier alpha value is -2.45. The van der Waals surface area contributed by atoms with Gasteiger partial charge in [0, 0.05) is 12.5 Å². The molecular formula is C15H18F3N5O. The number of nitrogens with zero attached hydrogens (tertiary/aromatic N) is 4. The minimum atomic E-state index is -4.38. The number of carbonyl (C=O) groups excluding carboxylic acids is 1. The summed E-state index contributed by atoms with van der Waals surface area (Å²) in [5, 5.41) is 13.8. The van der Waals surface area contributed by atoms with Crippen molar-refractivity contribution in [3.8, 4) is 0 Å². The molecule has 0 atom stereocenters. The van der Waals surface area contributed by atoms with Crippen LogP contribution >= 0.6 is 0 Å². The summed E-state index contributed by atoms with van der Waals surface area (Å²) < 4.78 is 39.3. The van der Waals surface area contributed by atoms with E-state index >= 15 is 0 Å². The number of benzene rings is 1. The van der Waals surface area contributed by atoms with E-state index in [2.05, 4.69) is 20.8 Å². The molecule has 0 aliphatic heterocycles. The number of tetrazole rings is 1. The van der Waals surface area contributed by atoms with E-state index in [0.717, 1.165) is 12.1 Å². The summed E-state index contributed by atoms with van der Waals surface area (Å²) >= 11 is 0. The molecule has 1 heterocycles. The molecule has 0 saturated carbocycles. The van der Waals surface area contributed by atoms with E-state index in [4.69, 9.17) is 0 Å². The van der Waals surface area contributed by atoms with Crippen LogP contribution < -0.4 is 5.32 Å². The number of carbonyl (C=O) groups is 1. The van der Waals surface area contributed by atoms with Crippen LogP contribution in [0.1, 0.15) is 42.3 Å². The molecule has 2 aromatic rings. The van der Waals surface area contributed by atoms with Crippen LogP contribution in [0.15, 0.2) is 18.2 Å². The molecule has 0 bridgehead atoms. The zero-order valence-electron chi connectivity index (χ0n) is 13.6. The number of aromatic nitrogens is 4. The smallest absolute Gasteiger partial charge is 0.350 e. The molecule has 0 radical (unpaired) electrons. The standard InChI is InChI=1S/C15H18F3N5O/c1-9(2)14-20-21-22-23(14)8-13(24)19-7-11-4-5-12(6-10(11)3)15(16,17)18/h4-6,9H,7-8H2,1-3H3,(H,19,24). The van der Waals surface area contributed by atoms with E-state index in [-0.39, 0.29) is 24.9 Å². The molecule has 6 nitrogen and oxygen atoms in total. The van der Waals surface area contributed by atoms with Gasteiger partial charge in [0.1, 0.15) is 6.54 Å².